The summed E-state index contributed by atoms with van der Waals surface area (Å²) >= 11 is 0. The number of carbonyl (C=O) groups is 2. The third kappa shape index (κ3) is 6.66. The fraction of sp³-hybridized carbons (Fsp3) is 0.520. The van der Waals surface area contributed by atoms with Crippen molar-refractivity contribution in [2.45, 2.75) is 79.2 Å². The molecule has 1 aliphatic heterocycles. The van der Waals surface area contributed by atoms with Crippen molar-refractivity contribution >= 4 is 12.2 Å². The van der Waals surface area contributed by atoms with Crippen LogP contribution in [0.4, 0.5) is 9.59 Å². The smallest absolute Gasteiger partial charge is 0.410 e. The van der Waals surface area contributed by atoms with E-state index in [4.69, 9.17) is 9.47 Å². The highest BCUT2D eigenvalue weighted by molar-refractivity contribution is 5.71. The first-order valence-electron chi connectivity index (χ1n) is 11.2. The van der Waals surface area contributed by atoms with E-state index < -0.39 is 17.3 Å². The number of rotatable bonds is 3. The Morgan fingerprint density at radius 2 is 1.61 bits per heavy atom. The van der Waals surface area contributed by atoms with Gasteiger partial charge in [-0.05, 0) is 66.0 Å². The van der Waals surface area contributed by atoms with Gasteiger partial charge in [0.15, 0.2) is 0 Å². The lowest BCUT2D eigenvalue weighted by molar-refractivity contribution is 0.0223. The second kappa shape index (κ2) is 9.37. The van der Waals surface area contributed by atoms with Crippen LogP contribution in [0.1, 0.15) is 63.9 Å². The fourth-order valence-electron chi connectivity index (χ4n) is 3.59. The second-order valence-corrected chi connectivity index (χ2v) is 10.3. The monoisotopic (exact) mass is 454 g/mol. The van der Waals surface area contributed by atoms with E-state index in [1.165, 1.54) is 0 Å². The Morgan fingerprint density at radius 1 is 0.970 bits per heavy atom. The third-order valence-electron chi connectivity index (χ3n) is 5.08. The highest BCUT2D eigenvalue weighted by Gasteiger charge is 2.29. The average Bonchev–Trinajstić information content (AvgIpc) is 2.70. The zero-order chi connectivity index (χ0) is 24.4. The maximum absolute atomic E-state index is 12.5. The summed E-state index contributed by atoms with van der Waals surface area (Å²) in [5, 5.41) is 11.6. The van der Waals surface area contributed by atoms with E-state index in [9.17, 15) is 9.59 Å². The van der Waals surface area contributed by atoms with Crippen LogP contribution in [0.2, 0.25) is 0 Å². The van der Waals surface area contributed by atoms with E-state index in [0.717, 1.165) is 33.6 Å². The van der Waals surface area contributed by atoms with Crippen molar-refractivity contribution in [1.29, 1.82) is 0 Å². The van der Waals surface area contributed by atoms with Gasteiger partial charge in [0.25, 0.3) is 0 Å². The molecule has 0 fully saturated rings. The lowest BCUT2D eigenvalue weighted by Gasteiger charge is -2.32. The first-order valence-corrected chi connectivity index (χ1v) is 11.2. The van der Waals surface area contributed by atoms with Crippen LogP contribution >= 0.6 is 0 Å². The number of alkyl carbamates (subject to hydrolysis) is 1. The SMILES string of the molecule is Cc1nnc(-c2ccc(CNC(=O)OC(C)(C)C)cc2)c2c1CN(C(=O)OC(C)(C)C)CC2. The van der Waals surface area contributed by atoms with E-state index in [-0.39, 0.29) is 6.09 Å². The quantitative estimate of drug-likeness (QED) is 0.718. The van der Waals surface area contributed by atoms with Gasteiger partial charge in [-0.25, -0.2) is 9.59 Å². The van der Waals surface area contributed by atoms with Gasteiger partial charge >= 0.3 is 12.2 Å². The van der Waals surface area contributed by atoms with E-state index in [0.29, 0.717) is 26.1 Å². The van der Waals surface area contributed by atoms with Crippen LogP contribution in [0.5, 0.6) is 0 Å². The van der Waals surface area contributed by atoms with Gasteiger partial charge in [0.1, 0.15) is 11.2 Å². The Balaban J connectivity index is 1.73. The molecule has 2 amide bonds. The number of amides is 2. The minimum absolute atomic E-state index is 0.312. The number of ether oxygens (including phenoxy) is 2. The molecule has 2 aromatic rings. The van der Waals surface area contributed by atoms with E-state index in [2.05, 4.69) is 15.5 Å². The van der Waals surface area contributed by atoms with Gasteiger partial charge in [-0.2, -0.15) is 5.10 Å². The van der Waals surface area contributed by atoms with E-state index in [1.807, 2.05) is 72.7 Å². The highest BCUT2D eigenvalue weighted by atomic mass is 16.6. The Morgan fingerprint density at radius 3 is 2.21 bits per heavy atom. The summed E-state index contributed by atoms with van der Waals surface area (Å²) in [5.41, 5.74) is 4.62. The number of carbonyl (C=O) groups excluding carboxylic acids is 2. The predicted molar refractivity (Wildman–Crippen MR) is 126 cm³/mol. The molecule has 0 aliphatic carbocycles. The number of benzene rings is 1. The molecule has 8 heteroatoms. The molecule has 8 nitrogen and oxygen atoms in total. The number of hydrogen-bond donors (Lipinski definition) is 1. The van der Waals surface area contributed by atoms with Gasteiger partial charge in [0.2, 0.25) is 0 Å². The van der Waals surface area contributed by atoms with E-state index in [1.54, 1.807) is 4.90 Å². The second-order valence-electron chi connectivity index (χ2n) is 10.3. The molecule has 0 atom stereocenters. The number of nitrogens with one attached hydrogen (secondary N) is 1. The number of aryl methyl sites for hydroxylation is 1. The van der Waals surface area contributed by atoms with Gasteiger partial charge in [0.05, 0.1) is 17.9 Å². The molecule has 0 saturated heterocycles. The van der Waals surface area contributed by atoms with Gasteiger partial charge in [-0.1, -0.05) is 24.3 Å². The van der Waals surface area contributed by atoms with Crippen molar-refractivity contribution in [2.24, 2.45) is 0 Å². The van der Waals surface area contributed by atoms with E-state index >= 15 is 0 Å². The molecule has 1 aliphatic rings. The first-order chi connectivity index (χ1) is 15.3. The topological polar surface area (TPSA) is 93.6 Å². The summed E-state index contributed by atoms with van der Waals surface area (Å²) in [6.07, 6.45) is -0.0743. The summed E-state index contributed by atoms with van der Waals surface area (Å²) in [5.74, 6) is 0. The van der Waals surface area contributed by atoms with Crippen LogP contribution in [-0.4, -0.2) is 45.0 Å². The Kier molecular flexibility index (Phi) is 6.95. The zero-order valence-electron chi connectivity index (χ0n) is 20.6. The Labute approximate surface area is 195 Å². The lowest BCUT2D eigenvalue weighted by atomic mass is 9.94. The van der Waals surface area contributed by atoms with Crippen molar-refractivity contribution in [3.63, 3.8) is 0 Å². The molecule has 33 heavy (non-hydrogen) atoms. The predicted octanol–water partition coefficient (Wildman–Crippen LogP) is 4.77. The minimum Gasteiger partial charge on any atom is -0.444 e. The zero-order valence-corrected chi connectivity index (χ0v) is 20.6. The molecule has 0 saturated carbocycles. The normalized spacial score (nSPS) is 13.8. The van der Waals surface area contributed by atoms with Crippen molar-refractivity contribution in [1.82, 2.24) is 20.4 Å². The molecule has 0 radical (unpaired) electrons. The molecule has 178 valence electrons. The maximum Gasteiger partial charge on any atom is 0.410 e. The molecule has 3 rings (SSSR count). The van der Waals surface area contributed by atoms with Gasteiger partial charge in [0, 0.05) is 24.2 Å². The molecule has 0 spiro atoms. The first kappa shape index (κ1) is 24.5. The summed E-state index contributed by atoms with van der Waals surface area (Å²) in [7, 11) is 0. The molecule has 2 heterocycles. The molecular weight excluding hydrogens is 420 g/mol. The van der Waals surface area contributed by atoms with Crippen molar-refractivity contribution in [3.05, 3.63) is 46.6 Å². The number of aromatic nitrogens is 2. The number of fused-ring (bicyclic) bond motifs is 1. The Hall–Kier alpha value is -3.16. The molecular formula is C25H34N4O4. The molecule has 1 N–H and O–H groups in total. The molecule has 0 unspecified atom stereocenters. The summed E-state index contributed by atoms with van der Waals surface area (Å²) < 4.78 is 10.8. The van der Waals surface area contributed by atoms with Gasteiger partial charge in [-0.3, -0.25) is 0 Å². The van der Waals surface area contributed by atoms with Gasteiger partial charge in [-0.15, -0.1) is 5.10 Å². The minimum atomic E-state index is -0.534. The van der Waals surface area contributed by atoms with Crippen LogP contribution in [0.15, 0.2) is 24.3 Å². The summed E-state index contributed by atoms with van der Waals surface area (Å²) in [6, 6.07) is 7.87. The van der Waals surface area contributed by atoms with Crippen LogP contribution in [0.25, 0.3) is 11.3 Å². The molecule has 0 bridgehead atoms. The lowest BCUT2D eigenvalue weighted by Crippen LogP contribution is -2.40. The van der Waals surface area contributed by atoms with Crippen LogP contribution in [0, 0.1) is 6.92 Å². The van der Waals surface area contributed by atoms with Crippen molar-refractivity contribution < 1.29 is 19.1 Å². The largest absolute Gasteiger partial charge is 0.444 e. The van der Waals surface area contributed by atoms with Crippen molar-refractivity contribution in [2.75, 3.05) is 6.54 Å². The van der Waals surface area contributed by atoms with Gasteiger partial charge < -0.3 is 19.7 Å². The Bertz CT molecular complexity index is 1020. The highest BCUT2D eigenvalue weighted by Crippen LogP contribution is 2.30. The van der Waals surface area contributed by atoms with Crippen LogP contribution < -0.4 is 5.32 Å². The maximum atomic E-state index is 12.5. The summed E-state index contributed by atoms with van der Waals surface area (Å²) in [6.45, 7) is 14.4. The third-order valence-corrected chi connectivity index (χ3v) is 5.08. The van der Waals surface area contributed by atoms with Crippen LogP contribution in [0.3, 0.4) is 0 Å². The summed E-state index contributed by atoms with van der Waals surface area (Å²) in [4.78, 5) is 26.1. The van der Waals surface area contributed by atoms with Crippen molar-refractivity contribution in [3.8, 4) is 11.3 Å². The fourth-order valence-corrected chi connectivity index (χ4v) is 3.59. The number of hydrogen-bond acceptors (Lipinski definition) is 6. The standard InChI is InChI=1S/C25H34N4O4/c1-16-20-15-29(23(31)33-25(5,6)7)13-12-19(20)21(28-27-16)18-10-8-17(9-11-18)14-26-22(30)32-24(2,3)4/h8-11H,12-15H2,1-7H3,(H,26,30). The average molecular weight is 455 g/mol. The number of nitrogens with zero attached hydrogens (tertiary/aromatic N) is 3. The van der Waals surface area contributed by atoms with Crippen LogP contribution in [-0.2, 0) is 29.0 Å². The molecule has 1 aromatic carbocycles. The molecule has 1 aromatic heterocycles.